The second-order valence-corrected chi connectivity index (χ2v) is 11.5. The van der Waals surface area contributed by atoms with Crippen LogP contribution in [0, 0.1) is 0 Å². The number of carbonyl (C=O) groups is 1. The zero-order chi connectivity index (χ0) is 23.4. The minimum Gasteiger partial charge on any atom is -0.491 e. The highest BCUT2D eigenvalue weighted by Gasteiger charge is 2.22. The number of nitrogens with one attached hydrogen (secondary N) is 1. The summed E-state index contributed by atoms with van der Waals surface area (Å²) in [5, 5.41) is 2.75. The Hall–Kier alpha value is -2.59. The highest BCUT2D eigenvalue weighted by atomic mass is 32.2. The highest BCUT2D eigenvalue weighted by Crippen LogP contribution is 2.24. The average molecular weight is 469 g/mol. The molecule has 0 unspecified atom stereocenters. The Morgan fingerprint density at radius 2 is 1.61 bits per heavy atom. The van der Waals surface area contributed by atoms with Gasteiger partial charge >= 0.3 is 0 Å². The van der Waals surface area contributed by atoms with Crippen molar-refractivity contribution in [2.24, 2.45) is 0 Å². The molecule has 0 radical (unpaired) electrons. The molecule has 1 atom stereocenters. The van der Waals surface area contributed by atoms with Gasteiger partial charge in [-0.25, -0.2) is 16.8 Å². The molecule has 0 aromatic heterocycles. The number of ether oxygens (including phenoxy) is 1. The molecule has 0 bridgehead atoms. The van der Waals surface area contributed by atoms with E-state index in [0.29, 0.717) is 17.0 Å². The molecule has 170 valence electrons. The van der Waals surface area contributed by atoms with E-state index in [4.69, 9.17) is 4.74 Å². The Bertz CT molecular complexity index is 1130. The monoisotopic (exact) mass is 468 g/mol. The van der Waals surface area contributed by atoms with Crippen molar-refractivity contribution < 1.29 is 26.4 Å². The molecule has 0 fully saturated rings. The van der Waals surface area contributed by atoms with Gasteiger partial charge in [-0.2, -0.15) is 0 Å². The molecular weight excluding hydrogens is 440 g/mol. The van der Waals surface area contributed by atoms with Crippen molar-refractivity contribution in [3.8, 4) is 5.75 Å². The third kappa shape index (κ3) is 7.25. The largest absolute Gasteiger partial charge is 0.491 e. The van der Waals surface area contributed by atoms with Crippen LogP contribution in [0.25, 0.3) is 0 Å². The van der Waals surface area contributed by atoms with E-state index in [9.17, 15) is 21.6 Å². The Kier molecular flexibility index (Phi) is 7.72. The van der Waals surface area contributed by atoms with Crippen LogP contribution in [-0.4, -0.2) is 47.9 Å². The van der Waals surface area contributed by atoms with E-state index in [1.165, 1.54) is 12.1 Å². The van der Waals surface area contributed by atoms with Crippen molar-refractivity contribution in [2.45, 2.75) is 37.8 Å². The molecule has 1 amide bonds. The quantitative estimate of drug-likeness (QED) is 0.606. The van der Waals surface area contributed by atoms with Crippen molar-refractivity contribution in [1.29, 1.82) is 0 Å². The predicted molar refractivity (Wildman–Crippen MR) is 121 cm³/mol. The summed E-state index contributed by atoms with van der Waals surface area (Å²) in [5.74, 6) is 0.00110. The highest BCUT2D eigenvalue weighted by molar-refractivity contribution is 7.92. The van der Waals surface area contributed by atoms with Gasteiger partial charge in [0.25, 0.3) is 0 Å². The number of nitrogens with zero attached hydrogens (tertiary/aromatic N) is 1. The summed E-state index contributed by atoms with van der Waals surface area (Å²) >= 11 is 0. The Labute approximate surface area is 184 Å². The van der Waals surface area contributed by atoms with E-state index >= 15 is 0 Å². The smallest absolute Gasteiger partial charge is 0.241 e. The number of anilines is 1. The minimum absolute atomic E-state index is 0.0832. The van der Waals surface area contributed by atoms with E-state index in [2.05, 4.69) is 5.32 Å². The van der Waals surface area contributed by atoms with Gasteiger partial charge in [0.1, 0.15) is 12.3 Å². The molecule has 0 aliphatic carbocycles. The summed E-state index contributed by atoms with van der Waals surface area (Å²) in [4.78, 5) is 12.8. The number of rotatable bonds is 9. The first-order valence-corrected chi connectivity index (χ1v) is 13.3. The third-order valence-corrected chi connectivity index (χ3v) is 6.62. The lowest BCUT2D eigenvalue weighted by Crippen LogP contribution is -2.41. The summed E-state index contributed by atoms with van der Waals surface area (Å²) in [6.45, 7) is 5.04. The minimum atomic E-state index is -3.73. The van der Waals surface area contributed by atoms with Crippen LogP contribution in [0.15, 0.2) is 53.4 Å². The predicted octanol–water partition coefficient (Wildman–Crippen LogP) is 2.52. The van der Waals surface area contributed by atoms with Gasteiger partial charge in [0, 0.05) is 12.3 Å². The van der Waals surface area contributed by atoms with Crippen LogP contribution < -0.4 is 14.4 Å². The maximum Gasteiger partial charge on any atom is 0.241 e. The average Bonchev–Trinajstić information content (AvgIpc) is 2.64. The first kappa shape index (κ1) is 24.7. The van der Waals surface area contributed by atoms with Gasteiger partial charge in [-0.1, -0.05) is 18.2 Å². The second kappa shape index (κ2) is 9.69. The number of carbonyl (C=O) groups excluding carboxylic acids is 1. The van der Waals surface area contributed by atoms with Crippen LogP contribution >= 0.6 is 0 Å². The van der Waals surface area contributed by atoms with E-state index < -0.39 is 38.4 Å². The summed E-state index contributed by atoms with van der Waals surface area (Å²) < 4.78 is 54.5. The molecule has 2 aromatic rings. The number of benzene rings is 2. The molecule has 1 N–H and O–H groups in total. The number of sulfonamides is 1. The zero-order valence-corrected chi connectivity index (χ0v) is 19.8. The number of sulfone groups is 1. The van der Waals surface area contributed by atoms with Gasteiger partial charge in [-0.15, -0.1) is 0 Å². The third-order valence-electron chi connectivity index (χ3n) is 4.35. The molecule has 31 heavy (non-hydrogen) atoms. The van der Waals surface area contributed by atoms with Gasteiger partial charge in [0.15, 0.2) is 9.84 Å². The van der Waals surface area contributed by atoms with Gasteiger partial charge in [0.2, 0.25) is 15.9 Å². The van der Waals surface area contributed by atoms with Crippen molar-refractivity contribution in [3.05, 3.63) is 54.1 Å². The summed E-state index contributed by atoms with van der Waals surface area (Å²) in [7, 11) is -7.04. The topological polar surface area (TPSA) is 110 Å². The standard InChI is InChI=1S/C21H28N2O6S2/c1-15(2)29-19-8-6-7-18(13-19)23(31(5,27)28)14-21(24)22-16(3)17-9-11-20(12-10-17)30(4,25)26/h6-13,15-16H,14H2,1-5H3,(H,22,24)/t16-/m1/s1. The fourth-order valence-corrected chi connectivity index (χ4v) is 4.37. The van der Waals surface area contributed by atoms with E-state index in [1.807, 2.05) is 13.8 Å². The van der Waals surface area contributed by atoms with E-state index in [0.717, 1.165) is 16.8 Å². The Morgan fingerprint density at radius 3 is 2.13 bits per heavy atom. The normalized spacial score (nSPS) is 13.0. The van der Waals surface area contributed by atoms with Gasteiger partial charge in [-0.05, 0) is 50.6 Å². The van der Waals surface area contributed by atoms with Crippen molar-refractivity contribution >= 4 is 31.5 Å². The molecule has 2 rings (SSSR count). The zero-order valence-electron chi connectivity index (χ0n) is 18.2. The maximum atomic E-state index is 12.6. The van der Waals surface area contributed by atoms with Crippen LogP contribution in [0.3, 0.4) is 0 Å². The van der Waals surface area contributed by atoms with Crippen LogP contribution in [-0.2, 0) is 24.7 Å². The molecular formula is C21H28N2O6S2. The molecule has 8 nitrogen and oxygen atoms in total. The second-order valence-electron chi connectivity index (χ2n) is 7.56. The number of hydrogen-bond donors (Lipinski definition) is 1. The van der Waals surface area contributed by atoms with Crippen molar-refractivity contribution in [1.82, 2.24) is 5.32 Å². The van der Waals surface area contributed by atoms with Crippen LogP contribution in [0.1, 0.15) is 32.4 Å². The van der Waals surface area contributed by atoms with E-state index in [1.54, 1.807) is 43.3 Å². The van der Waals surface area contributed by atoms with Gasteiger partial charge in [-0.3, -0.25) is 9.10 Å². The van der Waals surface area contributed by atoms with Gasteiger partial charge < -0.3 is 10.1 Å². The van der Waals surface area contributed by atoms with E-state index in [-0.39, 0.29) is 11.0 Å². The molecule has 0 aliphatic heterocycles. The first-order chi connectivity index (χ1) is 14.3. The van der Waals surface area contributed by atoms with Crippen molar-refractivity contribution in [3.63, 3.8) is 0 Å². The first-order valence-electron chi connectivity index (χ1n) is 9.61. The molecule has 0 saturated carbocycles. The van der Waals surface area contributed by atoms with Crippen molar-refractivity contribution in [2.75, 3.05) is 23.4 Å². The maximum absolute atomic E-state index is 12.6. The summed E-state index contributed by atoms with van der Waals surface area (Å²) in [6.07, 6.45) is 2.07. The Balaban J connectivity index is 2.16. The molecule has 0 aliphatic rings. The lowest BCUT2D eigenvalue weighted by atomic mass is 10.1. The van der Waals surface area contributed by atoms with Gasteiger partial charge in [0.05, 0.1) is 29.0 Å². The SMILES string of the molecule is CC(C)Oc1cccc(N(CC(=O)N[C@H](C)c2ccc(S(C)(=O)=O)cc2)S(C)(=O)=O)c1. The fourth-order valence-electron chi connectivity index (χ4n) is 2.89. The number of hydrogen-bond acceptors (Lipinski definition) is 6. The van der Waals surface area contributed by atoms with Crippen LogP contribution in [0.5, 0.6) is 5.75 Å². The summed E-state index contributed by atoms with van der Waals surface area (Å²) in [6, 6.07) is 12.3. The molecule has 2 aromatic carbocycles. The molecule has 0 heterocycles. The van der Waals surface area contributed by atoms with Crippen LogP contribution in [0.4, 0.5) is 5.69 Å². The molecule has 10 heteroatoms. The number of amides is 1. The summed E-state index contributed by atoms with van der Waals surface area (Å²) in [5.41, 5.74) is 1.01. The lowest BCUT2D eigenvalue weighted by molar-refractivity contribution is -0.120. The lowest BCUT2D eigenvalue weighted by Gasteiger charge is -2.24. The Morgan fingerprint density at radius 1 is 1.00 bits per heavy atom. The van der Waals surface area contributed by atoms with Crippen LogP contribution in [0.2, 0.25) is 0 Å². The molecule has 0 spiro atoms. The molecule has 0 saturated heterocycles. The fraction of sp³-hybridized carbons (Fsp3) is 0.381.